The number of likely N-dealkylation sites (N-methyl/N-ethyl adjacent to an activating group) is 1. The van der Waals surface area contributed by atoms with Crippen LogP contribution in [0, 0.1) is 0 Å². The van der Waals surface area contributed by atoms with Gasteiger partial charge in [0.2, 0.25) is 5.91 Å². The van der Waals surface area contributed by atoms with Crippen LogP contribution in [-0.4, -0.2) is 79.0 Å². The van der Waals surface area contributed by atoms with Crippen LogP contribution in [0.2, 0.25) is 5.02 Å². The summed E-state index contributed by atoms with van der Waals surface area (Å²) in [6, 6.07) is 7.87. The van der Waals surface area contributed by atoms with E-state index in [1.54, 1.807) is 29.2 Å². The monoisotopic (exact) mass is 576 g/mol. The van der Waals surface area contributed by atoms with Crippen molar-refractivity contribution < 1.29 is 35.9 Å². The van der Waals surface area contributed by atoms with Crippen LogP contribution in [0.15, 0.2) is 42.5 Å². The van der Waals surface area contributed by atoms with Gasteiger partial charge >= 0.3 is 12.4 Å². The van der Waals surface area contributed by atoms with E-state index in [0.29, 0.717) is 35.9 Å². The van der Waals surface area contributed by atoms with Crippen LogP contribution in [0.4, 0.5) is 32.0 Å². The first-order chi connectivity index (χ1) is 18.1. The Bertz CT molecular complexity index is 1210. The second kappa shape index (κ2) is 10.5. The third-order valence-corrected chi connectivity index (χ3v) is 7.51. The zero-order valence-electron chi connectivity index (χ0n) is 21.2. The number of likely N-dealkylation sites (tertiary alicyclic amines) is 1. The first kappa shape index (κ1) is 29.0. The lowest BCUT2D eigenvalue weighted by atomic mass is 9.85. The molecule has 2 aliphatic rings. The van der Waals surface area contributed by atoms with Gasteiger partial charge in [0, 0.05) is 31.7 Å². The molecule has 212 valence electrons. The number of alkyl halides is 6. The van der Waals surface area contributed by atoms with Crippen molar-refractivity contribution in [3.8, 4) is 0 Å². The summed E-state index contributed by atoms with van der Waals surface area (Å²) in [5.74, 6) is -1.12. The first-order valence-corrected chi connectivity index (χ1v) is 12.6. The Morgan fingerprint density at radius 3 is 2.05 bits per heavy atom. The minimum Gasteiger partial charge on any atom is -0.338 e. The van der Waals surface area contributed by atoms with Crippen LogP contribution >= 0.6 is 11.6 Å². The van der Waals surface area contributed by atoms with Gasteiger partial charge in [0.15, 0.2) is 0 Å². The van der Waals surface area contributed by atoms with Gasteiger partial charge in [-0.15, -0.1) is 0 Å². The SMILES string of the molecule is CN(C)CCN1CN(c2ccccc2Cl)C2(CCN(C(=O)c3cc(C(F)(F)F)cc(C(F)(F)F)c3)CC2)C1=O. The van der Waals surface area contributed by atoms with Crippen molar-refractivity contribution in [1.29, 1.82) is 0 Å². The first-order valence-electron chi connectivity index (χ1n) is 12.2. The molecule has 0 aromatic heterocycles. The van der Waals surface area contributed by atoms with E-state index in [9.17, 15) is 35.9 Å². The summed E-state index contributed by atoms with van der Waals surface area (Å²) in [6.45, 7) is 1.24. The van der Waals surface area contributed by atoms with Crippen LogP contribution < -0.4 is 4.90 Å². The van der Waals surface area contributed by atoms with E-state index in [4.69, 9.17) is 11.6 Å². The Morgan fingerprint density at radius 1 is 0.974 bits per heavy atom. The number of benzene rings is 2. The highest BCUT2D eigenvalue weighted by Gasteiger charge is 2.54. The van der Waals surface area contributed by atoms with Crippen molar-refractivity contribution in [2.45, 2.75) is 30.7 Å². The summed E-state index contributed by atoms with van der Waals surface area (Å²) in [5.41, 5.74) is -4.24. The number of para-hydroxylation sites is 1. The highest BCUT2D eigenvalue weighted by molar-refractivity contribution is 6.33. The quantitative estimate of drug-likeness (QED) is 0.458. The van der Waals surface area contributed by atoms with Crippen LogP contribution in [0.3, 0.4) is 0 Å². The molecule has 0 bridgehead atoms. The molecule has 0 N–H and O–H groups in total. The molecule has 13 heteroatoms. The molecule has 2 fully saturated rings. The molecule has 2 aliphatic heterocycles. The Hall–Kier alpha value is -2.99. The highest BCUT2D eigenvalue weighted by atomic mass is 35.5. The number of hydrogen-bond acceptors (Lipinski definition) is 4. The van der Waals surface area contributed by atoms with Gasteiger partial charge in [-0.05, 0) is 57.3 Å². The molecule has 2 aromatic rings. The average molecular weight is 577 g/mol. The fourth-order valence-corrected chi connectivity index (χ4v) is 5.31. The molecule has 2 saturated heterocycles. The minimum absolute atomic E-state index is 0.0109. The molecule has 6 nitrogen and oxygen atoms in total. The maximum atomic E-state index is 13.7. The number of carbonyl (C=O) groups excluding carboxylic acids is 2. The van der Waals surface area contributed by atoms with E-state index >= 15 is 0 Å². The maximum absolute atomic E-state index is 13.7. The summed E-state index contributed by atoms with van der Waals surface area (Å²) in [6.07, 6.45) is -9.87. The van der Waals surface area contributed by atoms with E-state index in [-0.39, 0.29) is 44.6 Å². The Morgan fingerprint density at radius 2 is 1.54 bits per heavy atom. The second-order valence-electron chi connectivity index (χ2n) is 10.0. The van der Waals surface area contributed by atoms with Crippen LogP contribution in [-0.2, 0) is 17.1 Å². The van der Waals surface area contributed by atoms with Crippen LogP contribution in [0.25, 0.3) is 0 Å². The predicted molar refractivity (Wildman–Crippen MR) is 133 cm³/mol. The zero-order chi connectivity index (χ0) is 28.8. The lowest BCUT2D eigenvalue weighted by Crippen LogP contribution is -2.57. The minimum atomic E-state index is -5.07. The van der Waals surface area contributed by atoms with Gasteiger partial charge in [-0.1, -0.05) is 23.7 Å². The van der Waals surface area contributed by atoms with Crippen molar-refractivity contribution in [3.05, 3.63) is 64.2 Å². The summed E-state index contributed by atoms with van der Waals surface area (Å²) in [7, 11) is 3.76. The Balaban J connectivity index is 1.62. The molecule has 2 aromatic carbocycles. The van der Waals surface area contributed by atoms with Crippen molar-refractivity contribution in [3.63, 3.8) is 0 Å². The summed E-state index contributed by atoms with van der Waals surface area (Å²) in [4.78, 5) is 33.6. The van der Waals surface area contributed by atoms with Crippen molar-refractivity contribution >= 4 is 29.1 Å². The van der Waals surface area contributed by atoms with Gasteiger partial charge in [-0.25, -0.2) is 0 Å². The normalized spacial score (nSPS) is 18.0. The predicted octanol–water partition coefficient (Wildman–Crippen LogP) is 5.22. The summed E-state index contributed by atoms with van der Waals surface area (Å²) >= 11 is 6.46. The summed E-state index contributed by atoms with van der Waals surface area (Å²) in [5, 5.41) is 0.432. The topological polar surface area (TPSA) is 47.1 Å². The smallest absolute Gasteiger partial charge is 0.338 e. The standard InChI is InChI=1S/C26H27ClF6N4O2/c1-34(2)11-12-36-16-37(21-6-4-3-5-20(21)27)24(23(36)39)7-9-35(10-8-24)22(38)17-13-18(25(28,29)30)15-19(14-17)26(31,32)33/h3-6,13-15H,7-12,16H2,1-2H3. The van der Waals surface area contributed by atoms with Gasteiger partial charge in [-0.2, -0.15) is 26.3 Å². The van der Waals surface area contributed by atoms with Crippen LogP contribution in [0.5, 0.6) is 0 Å². The van der Waals surface area contributed by atoms with E-state index < -0.39 is 40.5 Å². The third kappa shape index (κ3) is 5.81. The molecule has 1 spiro atoms. The van der Waals surface area contributed by atoms with Gasteiger partial charge in [0.1, 0.15) is 5.54 Å². The zero-order valence-corrected chi connectivity index (χ0v) is 22.0. The number of piperidine rings is 1. The number of nitrogens with zero attached hydrogens (tertiary/aromatic N) is 4. The Kier molecular flexibility index (Phi) is 7.83. The van der Waals surface area contributed by atoms with E-state index in [2.05, 4.69) is 0 Å². The third-order valence-electron chi connectivity index (χ3n) is 7.19. The number of anilines is 1. The molecule has 0 unspecified atom stereocenters. The average Bonchev–Trinajstić information content (AvgIpc) is 3.12. The lowest BCUT2D eigenvalue weighted by Gasteiger charge is -2.43. The Labute approximate surface area is 226 Å². The fraction of sp³-hybridized carbons (Fsp3) is 0.462. The van der Waals surface area contributed by atoms with Gasteiger partial charge in [-0.3, -0.25) is 9.59 Å². The molecule has 4 rings (SSSR count). The van der Waals surface area contributed by atoms with Crippen molar-refractivity contribution in [2.75, 3.05) is 51.8 Å². The largest absolute Gasteiger partial charge is 0.416 e. The van der Waals surface area contributed by atoms with Crippen molar-refractivity contribution in [2.24, 2.45) is 0 Å². The summed E-state index contributed by atoms with van der Waals surface area (Å²) < 4.78 is 79.9. The number of hydrogen-bond donors (Lipinski definition) is 0. The molecule has 0 atom stereocenters. The second-order valence-corrected chi connectivity index (χ2v) is 10.4. The fourth-order valence-electron chi connectivity index (χ4n) is 5.07. The number of rotatable bonds is 5. The van der Waals surface area contributed by atoms with E-state index in [0.717, 1.165) is 0 Å². The van der Waals surface area contributed by atoms with Gasteiger partial charge < -0.3 is 19.6 Å². The molecule has 0 saturated carbocycles. The number of halogens is 7. The lowest BCUT2D eigenvalue weighted by molar-refractivity contribution is -0.143. The van der Waals surface area contributed by atoms with E-state index in [1.165, 1.54) is 4.90 Å². The maximum Gasteiger partial charge on any atom is 0.416 e. The molecular weight excluding hydrogens is 550 g/mol. The molecule has 39 heavy (non-hydrogen) atoms. The molecule has 2 amide bonds. The van der Waals surface area contributed by atoms with Crippen molar-refractivity contribution in [1.82, 2.24) is 14.7 Å². The molecule has 2 heterocycles. The number of carbonyl (C=O) groups is 2. The van der Waals surface area contributed by atoms with E-state index in [1.807, 2.05) is 23.9 Å². The number of amides is 2. The molecule has 0 radical (unpaired) electrons. The molecular formula is C26H27ClF6N4O2. The highest BCUT2D eigenvalue weighted by Crippen LogP contribution is 2.42. The molecule has 0 aliphatic carbocycles. The van der Waals surface area contributed by atoms with Gasteiger partial charge in [0.25, 0.3) is 5.91 Å². The van der Waals surface area contributed by atoms with Gasteiger partial charge in [0.05, 0.1) is 28.5 Å². The van der Waals surface area contributed by atoms with Crippen LogP contribution in [0.1, 0.15) is 34.3 Å².